The SMILES string of the molecule is Cn1nc(C(F)(F)F)cc1C(=O)Nc1ccc(S(=O)(=O)c2ccccc2N=[N+]=[N-])cc1. The van der Waals surface area contributed by atoms with E-state index in [1.807, 2.05) is 0 Å². The highest BCUT2D eigenvalue weighted by Crippen LogP contribution is 2.31. The van der Waals surface area contributed by atoms with E-state index in [9.17, 15) is 26.4 Å². The van der Waals surface area contributed by atoms with Gasteiger partial charge in [0, 0.05) is 23.7 Å². The van der Waals surface area contributed by atoms with Gasteiger partial charge in [-0.15, -0.1) is 0 Å². The van der Waals surface area contributed by atoms with E-state index in [1.54, 1.807) is 0 Å². The van der Waals surface area contributed by atoms with Crippen LogP contribution in [0.5, 0.6) is 0 Å². The second kappa shape index (κ2) is 8.13. The van der Waals surface area contributed by atoms with Crippen molar-refractivity contribution in [3.63, 3.8) is 0 Å². The molecule has 31 heavy (non-hydrogen) atoms. The van der Waals surface area contributed by atoms with Crippen molar-refractivity contribution in [3.8, 4) is 0 Å². The molecule has 9 nitrogen and oxygen atoms in total. The molecule has 1 amide bonds. The van der Waals surface area contributed by atoms with Gasteiger partial charge in [0.2, 0.25) is 9.84 Å². The Morgan fingerprint density at radius 1 is 1.16 bits per heavy atom. The summed E-state index contributed by atoms with van der Waals surface area (Å²) in [4.78, 5) is 14.6. The number of alkyl halides is 3. The number of benzene rings is 2. The third-order valence-corrected chi connectivity index (χ3v) is 5.95. The summed E-state index contributed by atoms with van der Waals surface area (Å²) >= 11 is 0. The number of azide groups is 1. The summed E-state index contributed by atoms with van der Waals surface area (Å²) in [7, 11) is -2.83. The summed E-state index contributed by atoms with van der Waals surface area (Å²) in [6.45, 7) is 0. The number of sulfone groups is 1. The highest BCUT2D eigenvalue weighted by molar-refractivity contribution is 7.91. The molecular weight excluding hydrogens is 437 g/mol. The van der Waals surface area contributed by atoms with Crippen LogP contribution in [0.1, 0.15) is 16.2 Å². The van der Waals surface area contributed by atoms with E-state index in [1.165, 1.54) is 55.6 Å². The predicted octanol–water partition coefficient (Wildman–Crippen LogP) is 4.47. The number of amides is 1. The molecule has 0 spiro atoms. The number of carbonyl (C=O) groups is 1. The molecule has 0 fully saturated rings. The van der Waals surface area contributed by atoms with Gasteiger partial charge in [-0.25, -0.2) is 8.42 Å². The molecule has 1 N–H and O–H groups in total. The van der Waals surface area contributed by atoms with Crippen LogP contribution >= 0.6 is 0 Å². The average Bonchev–Trinajstić information content (AvgIpc) is 3.11. The lowest BCUT2D eigenvalue weighted by Crippen LogP contribution is -2.16. The van der Waals surface area contributed by atoms with E-state index in [0.29, 0.717) is 6.07 Å². The zero-order valence-electron chi connectivity index (χ0n) is 15.7. The van der Waals surface area contributed by atoms with E-state index in [4.69, 9.17) is 5.53 Å². The number of anilines is 1. The van der Waals surface area contributed by atoms with Crippen LogP contribution < -0.4 is 5.32 Å². The highest BCUT2D eigenvalue weighted by Gasteiger charge is 2.35. The number of hydrogen-bond acceptors (Lipinski definition) is 5. The minimum Gasteiger partial charge on any atom is -0.321 e. The molecule has 1 heterocycles. The van der Waals surface area contributed by atoms with Crippen LogP contribution in [0.15, 0.2) is 69.5 Å². The molecule has 0 aliphatic carbocycles. The van der Waals surface area contributed by atoms with E-state index in [-0.39, 0.29) is 26.9 Å². The molecule has 3 rings (SSSR count). The van der Waals surface area contributed by atoms with Gasteiger partial charge in [0.25, 0.3) is 5.91 Å². The van der Waals surface area contributed by atoms with Gasteiger partial charge in [0.15, 0.2) is 5.69 Å². The first-order chi connectivity index (χ1) is 14.5. The van der Waals surface area contributed by atoms with Crippen LogP contribution in [0.2, 0.25) is 0 Å². The van der Waals surface area contributed by atoms with E-state index in [0.717, 1.165) is 4.68 Å². The molecule has 13 heteroatoms. The monoisotopic (exact) mass is 450 g/mol. The van der Waals surface area contributed by atoms with Crippen molar-refractivity contribution in [1.82, 2.24) is 9.78 Å². The number of hydrogen-bond donors (Lipinski definition) is 1. The fraction of sp³-hybridized carbons (Fsp3) is 0.111. The van der Waals surface area contributed by atoms with Crippen LogP contribution in [0.4, 0.5) is 24.5 Å². The summed E-state index contributed by atoms with van der Waals surface area (Å²) in [6.07, 6.45) is -4.70. The molecule has 3 aromatic rings. The third-order valence-electron chi connectivity index (χ3n) is 4.13. The normalized spacial score (nSPS) is 11.6. The molecule has 1 aromatic heterocycles. The zero-order chi connectivity index (χ0) is 22.8. The minimum atomic E-state index is -4.70. The van der Waals surface area contributed by atoms with Crippen molar-refractivity contribution in [1.29, 1.82) is 0 Å². The van der Waals surface area contributed by atoms with E-state index < -0.39 is 27.6 Å². The van der Waals surface area contributed by atoms with Crippen molar-refractivity contribution in [2.75, 3.05) is 5.32 Å². The lowest BCUT2D eigenvalue weighted by Gasteiger charge is -2.09. The fourth-order valence-electron chi connectivity index (χ4n) is 2.67. The van der Waals surface area contributed by atoms with Crippen LogP contribution in [0, 0.1) is 0 Å². The smallest absolute Gasteiger partial charge is 0.321 e. The number of aryl methyl sites for hydroxylation is 1. The first-order valence-electron chi connectivity index (χ1n) is 8.46. The van der Waals surface area contributed by atoms with Gasteiger partial charge in [-0.2, -0.15) is 18.3 Å². The summed E-state index contributed by atoms with van der Waals surface area (Å²) in [5.74, 6) is -0.852. The Morgan fingerprint density at radius 3 is 2.39 bits per heavy atom. The van der Waals surface area contributed by atoms with Crippen LogP contribution in [-0.2, 0) is 23.1 Å². The number of nitrogens with one attached hydrogen (secondary N) is 1. The van der Waals surface area contributed by atoms with Gasteiger partial charge >= 0.3 is 6.18 Å². The Balaban J connectivity index is 1.85. The van der Waals surface area contributed by atoms with Gasteiger partial charge in [0.1, 0.15) is 5.69 Å². The number of carbonyl (C=O) groups excluding carboxylic acids is 1. The van der Waals surface area contributed by atoms with Crippen molar-refractivity contribution in [2.24, 2.45) is 12.2 Å². The van der Waals surface area contributed by atoms with Gasteiger partial charge in [-0.1, -0.05) is 23.3 Å². The highest BCUT2D eigenvalue weighted by atomic mass is 32.2. The first-order valence-corrected chi connectivity index (χ1v) is 9.94. The van der Waals surface area contributed by atoms with Crippen molar-refractivity contribution in [3.05, 3.63) is 76.4 Å². The maximum absolute atomic E-state index is 12.8. The maximum atomic E-state index is 12.8. The minimum absolute atomic E-state index is 0.0703. The van der Waals surface area contributed by atoms with Crippen molar-refractivity contribution >= 4 is 27.1 Å². The van der Waals surface area contributed by atoms with Crippen LogP contribution in [0.3, 0.4) is 0 Å². The summed E-state index contributed by atoms with van der Waals surface area (Å²) in [6, 6.07) is 11.2. The maximum Gasteiger partial charge on any atom is 0.435 e. The molecule has 0 aliphatic heterocycles. The second-order valence-electron chi connectivity index (χ2n) is 6.18. The fourth-order valence-corrected chi connectivity index (χ4v) is 4.06. The van der Waals surface area contributed by atoms with Gasteiger partial charge in [-0.05, 0) is 35.9 Å². The Bertz CT molecular complexity index is 1290. The molecular formula is C18H13F3N6O3S. The molecule has 0 radical (unpaired) electrons. The molecule has 0 saturated heterocycles. The lowest BCUT2D eigenvalue weighted by atomic mass is 10.3. The topological polar surface area (TPSA) is 130 Å². The third kappa shape index (κ3) is 4.52. The number of nitrogens with zero attached hydrogens (tertiary/aromatic N) is 5. The number of rotatable bonds is 5. The Hall–Kier alpha value is -3.83. The summed E-state index contributed by atoms with van der Waals surface area (Å²) in [5, 5.41) is 9.02. The van der Waals surface area contributed by atoms with Crippen LogP contribution in [0.25, 0.3) is 10.4 Å². The van der Waals surface area contributed by atoms with Gasteiger partial charge in [-0.3, -0.25) is 9.48 Å². The average molecular weight is 450 g/mol. The Kier molecular flexibility index (Phi) is 5.73. The standard InChI is InChI=1S/C18H13F3N6O3S/c1-27-14(10-16(25-27)18(19,20)21)17(28)23-11-6-8-12(9-7-11)31(29,30)15-5-3-2-4-13(15)24-26-22/h2-10H,1H3,(H,23,28). The lowest BCUT2D eigenvalue weighted by molar-refractivity contribution is -0.141. The van der Waals surface area contributed by atoms with Crippen molar-refractivity contribution < 1.29 is 26.4 Å². The molecule has 0 saturated carbocycles. The Labute approximate surface area is 173 Å². The molecule has 0 unspecified atom stereocenters. The van der Waals surface area contributed by atoms with E-state index >= 15 is 0 Å². The van der Waals surface area contributed by atoms with Crippen molar-refractivity contribution in [2.45, 2.75) is 16.0 Å². The molecule has 2 aromatic carbocycles. The number of halogens is 3. The zero-order valence-corrected chi connectivity index (χ0v) is 16.5. The second-order valence-corrected chi connectivity index (χ2v) is 8.09. The quantitative estimate of drug-likeness (QED) is 0.349. The summed E-state index contributed by atoms with van der Waals surface area (Å²) < 4.78 is 64.7. The summed E-state index contributed by atoms with van der Waals surface area (Å²) in [5.41, 5.74) is 7.16. The molecule has 0 bridgehead atoms. The van der Waals surface area contributed by atoms with Gasteiger partial charge in [0.05, 0.1) is 15.5 Å². The first kappa shape index (κ1) is 21.9. The number of aromatic nitrogens is 2. The van der Waals surface area contributed by atoms with E-state index in [2.05, 4.69) is 20.4 Å². The van der Waals surface area contributed by atoms with Crippen LogP contribution in [-0.4, -0.2) is 24.1 Å². The van der Waals surface area contributed by atoms with Gasteiger partial charge < -0.3 is 5.32 Å². The molecule has 0 atom stereocenters. The molecule has 0 aliphatic rings. The Morgan fingerprint density at radius 2 is 1.81 bits per heavy atom. The predicted molar refractivity (Wildman–Crippen MR) is 103 cm³/mol. The largest absolute Gasteiger partial charge is 0.435 e. The molecule has 160 valence electrons.